The monoisotopic (exact) mass is 430 g/mol. The Morgan fingerprint density at radius 3 is 2.40 bits per heavy atom. The maximum absolute atomic E-state index is 13.0. The summed E-state index contributed by atoms with van der Waals surface area (Å²) in [5, 5.41) is 9.22. The topological polar surface area (TPSA) is 102 Å². The molecule has 3 fully saturated rings. The first kappa shape index (κ1) is 20.8. The number of carbonyl (C=O) groups excluding carboxylic acids is 2. The lowest BCUT2D eigenvalue weighted by Crippen LogP contribution is -2.52. The van der Waals surface area contributed by atoms with Crippen LogP contribution in [-0.4, -0.2) is 73.1 Å². The largest absolute Gasteiger partial charge is 0.340 e. The van der Waals surface area contributed by atoms with Gasteiger partial charge in [0.05, 0.1) is 16.4 Å². The Balaban J connectivity index is 1.38. The van der Waals surface area contributed by atoms with E-state index in [4.69, 9.17) is 0 Å². The lowest BCUT2D eigenvalue weighted by atomic mass is 10.1. The molecular weight excluding hydrogens is 404 g/mol. The minimum atomic E-state index is -3.79. The third kappa shape index (κ3) is 3.82. The third-order valence-corrected chi connectivity index (χ3v) is 8.41. The number of nitriles is 1. The summed E-state index contributed by atoms with van der Waals surface area (Å²) in [5.41, 5.74) is 0.118. The van der Waals surface area contributed by atoms with E-state index >= 15 is 0 Å². The zero-order chi connectivity index (χ0) is 21.3. The molecule has 0 aromatic heterocycles. The molecule has 3 aliphatic rings. The molecule has 30 heavy (non-hydrogen) atoms. The van der Waals surface area contributed by atoms with E-state index in [1.54, 1.807) is 17.0 Å². The van der Waals surface area contributed by atoms with Gasteiger partial charge in [-0.15, -0.1) is 0 Å². The van der Waals surface area contributed by atoms with Gasteiger partial charge < -0.3 is 9.80 Å². The van der Waals surface area contributed by atoms with Crippen molar-refractivity contribution in [3.8, 4) is 6.07 Å². The fourth-order valence-electron chi connectivity index (χ4n) is 4.80. The lowest BCUT2D eigenvalue weighted by molar-refractivity contribution is -0.137. The minimum absolute atomic E-state index is 0.000807. The van der Waals surface area contributed by atoms with Crippen LogP contribution in [-0.2, 0) is 19.6 Å². The van der Waals surface area contributed by atoms with Gasteiger partial charge in [0.15, 0.2) is 0 Å². The molecule has 2 amide bonds. The Morgan fingerprint density at radius 2 is 1.73 bits per heavy atom. The molecule has 1 saturated carbocycles. The fourth-order valence-corrected chi connectivity index (χ4v) is 6.36. The van der Waals surface area contributed by atoms with Crippen molar-refractivity contribution in [1.29, 1.82) is 5.26 Å². The van der Waals surface area contributed by atoms with Gasteiger partial charge in [-0.2, -0.15) is 9.57 Å². The van der Waals surface area contributed by atoms with Crippen molar-refractivity contribution in [3.63, 3.8) is 0 Å². The standard InChI is InChI=1S/C21H26N4O4S/c22-14-16-5-1-4-8-19(16)30(28,29)24-11-9-23(10-12-24)21(27)17-13-20(26)25(15-17)18-6-2-3-7-18/h1,4-5,8,17-18H,2-3,6-7,9-13,15H2. The quantitative estimate of drug-likeness (QED) is 0.714. The summed E-state index contributed by atoms with van der Waals surface area (Å²) in [6, 6.07) is 8.36. The fraction of sp³-hybridized carbons (Fsp3) is 0.571. The van der Waals surface area contributed by atoms with Gasteiger partial charge in [0.1, 0.15) is 6.07 Å². The molecule has 4 rings (SSSR count). The number of amides is 2. The average molecular weight is 431 g/mol. The Bertz CT molecular complexity index is 973. The summed E-state index contributed by atoms with van der Waals surface area (Å²) in [4.78, 5) is 28.9. The summed E-state index contributed by atoms with van der Waals surface area (Å²) >= 11 is 0. The van der Waals surface area contributed by atoms with Crippen molar-refractivity contribution in [1.82, 2.24) is 14.1 Å². The summed E-state index contributed by atoms with van der Waals surface area (Å²) in [7, 11) is -3.79. The maximum Gasteiger partial charge on any atom is 0.244 e. The van der Waals surface area contributed by atoms with E-state index in [9.17, 15) is 23.3 Å². The van der Waals surface area contributed by atoms with Crippen molar-refractivity contribution < 1.29 is 18.0 Å². The number of carbonyl (C=O) groups is 2. The van der Waals surface area contributed by atoms with Crippen LogP contribution >= 0.6 is 0 Å². The van der Waals surface area contributed by atoms with Crippen molar-refractivity contribution in [3.05, 3.63) is 29.8 Å². The van der Waals surface area contributed by atoms with Gasteiger partial charge in [-0.3, -0.25) is 9.59 Å². The third-order valence-electron chi connectivity index (χ3n) is 6.45. The van der Waals surface area contributed by atoms with Crippen LogP contribution in [0.15, 0.2) is 29.2 Å². The van der Waals surface area contributed by atoms with Crippen molar-refractivity contribution >= 4 is 21.8 Å². The molecule has 0 N–H and O–H groups in total. The van der Waals surface area contributed by atoms with Gasteiger partial charge in [-0.25, -0.2) is 8.42 Å². The molecule has 1 aromatic rings. The molecule has 0 bridgehead atoms. The molecule has 0 radical (unpaired) electrons. The predicted molar refractivity (Wildman–Crippen MR) is 109 cm³/mol. The van der Waals surface area contributed by atoms with Crippen LogP contribution in [0.3, 0.4) is 0 Å². The molecule has 1 atom stereocenters. The van der Waals surface area contributed by atoms with Gasteiger partial charge in [-0.05, 0) is 25.0 Å². The normalized spacial score (nSPS) is 23.7. The number of likely N-dealkylation sites (tertiary alicyclic amines) is 1. The van der Waals surface area contributed by atoms with Crippen molar-refractivity contribution in [2.45, 2.75) is 43.0 Å². The number of sulfonamides is 1. The van der Waals surface area contributed by atoms with E-state index in [1.807, 2.05) is 11.0 Å². The number of hydrogen-bond donors (Lipinski definition) is 0. The van der Waals surface area contributed by atoms with Gasteiger partial charge in [0, 0.05) is 45.2 Å². The number of piperazine rings is 1. The second-order valence-electron chi connectivity index (χ2n) is 8.22. The van der Waals surface area contributed by atoms with Crippen molar-refractivity contribution in [2.75, 3.05) is 32.7 Å². The first-order chi connectivity index (χ1) is 14.4. The van der Waals surface area contributed by atoms with E-state index in [0.717, 1.165) is 25.7 Å². The molecule has 2 heterocycles. The molecule has 160 valence electrons. The molecular formula is C21H26N4O4S. The van der Waals surface area contributed by atoms with Gasteiger partial charge >= 0.3 is 0 Å². The van der Waals surface area contributed by atoms with Gasteiger partial charge in [0.2, 0.25) is 21.8 Å². The highest BCUT2D eigenvalue weighted by molar-refractivity contribution is 7.89. The van der Waals surface area contributed by atoms with Crippen molar-refractivity contribution in [2.24, 2.45) is 5.92 Å². The van der Waals surface area contributed by atoms with Crippen LogP contribution in [0.1, 0.15) is 37.7 Å². The summed E-state index contributed by atoms with van der Waals surface area (Å²) in [6.45, 7) is 1.43. The molecule has 9 heteroatoms. The van der Waals surface area contributed by atoms with Crippen LogP contribution in [0.25, 0.3) is 0 Å². The number of nitrogens with zero attached hydrogens (tertiary/aromatic N) is 4. The highest BCUT2D eigenvalue weighted by atomic mass is 32.2. The van der Waals surface area contributed by atoms with E-state index in [2.05, 4.69) is 0 Å². The number of hydrogen-bond acceptors (Lipinski definition) is 5. The Morgan fingerprint density at radius 1 is 1.07 bits per heavy atom. The Hall–Kier alpha value is -2.44. The van der Waals surface area contributed by atoms with E-state index in [-0.39, 0.29) is 53.7 Å². The molecule has 1 unspecified atom stereocenters. The number of rotatable bonds is 4. The Labute approximate surface area is 177 Å². The minimum Gasteiger partial charge on any atom is -0.340 e. The smallest absolute Gasteiger partial charge is 0.244 e. The highest BCUT2D eigenvalue weighted by Gasteiger charge is 2.41. The van der Waals surface area contributed by atoms with Crippen LogP contribution in [0.4, 0.5) is 0 Å². The molecule has 0 spiro atoms. The van der Waals surface area contributed by atoms with E-state index in [0.29, 0.717) is 19.6 Å². The first-order valence-electron chi connectivity index (χ1n) is 10.5. The maximum atomic E-state index is 13.0. The van der Waals surface area contributed by atoms with E-state index in [1.165, 1.54) is 16.4 Å². The predicted octanol–water partition coefficient (Wildman–Crippen LogP) is 1.18. The first-order valence-corrected chi connectivity index (χ1v) is 11.9. The average Bonchev–Trinajstić information content (AvgIpc) is 3.43. The summed E-state index contributed by atoms with van der Waals surface area (Å²) in [6.07, 6.45) is 4.57. The second kappa shape index (κ2) is 8.36. The van der Waals surface area contributed by atoms with Gasteiger partial charge in [0.25, 0.3) is 0 Å². The Kier molecular flexibility index (Phi) is 5.80. The molecule has 2 aliphatic heterocycles. The SMILES string of the molecule is N#Cc1ccccc1S(=O)(=O)N1CCN(C(=O)C2CC(=O)N(C3CCCC3)C2)CC1. The molecule has 1 aliphatic carbocycles. The molecule has 8 nitrogen and oxygen atoms in total. The van der Waals surface area contributed by atoms with Gasteiger partial charge in [-0.1, -0.05) is 25.0 Å². The number of benzene rings is 1. The summed E-state index contributed by atoms with van der Waals surface area (Å²) < 4.78 is 27.2. The molecule has 1 aromatic carbocycles. The second-order valence-corrected chi connectivity index (χ2v) is 10.1. The van der Waals surface area contributed by atoms with Crippen LogP contribution < -0.4 is 0 Å². The van der Waals surface area contributed by atoms with Crippen LogP contribution in [0, 0.1) is 17.2 Å². The zero-order valence-electron chi connectivity index (χ0n) is 16.9. The summed E-state index contributed by atoms with van der Waals surface area (Å²) in [5.74, 6) is -0.325. The van der Waals surface area contributed by atoms with E-state index < -0.39 is 10.0 Å². The van der Waals surface area contributed by atoms with Crippen LogP contribution in [0.5, 0.6) is 0 Å². The lowest BCUT2D eigenvalue weighted by Gasteiger charge is -2.35. The van der Waals surface area contributed by atoms with Crippen LogP contribution in [0.2, 0.25) is 0 Å². The zero-order valence-corrected chi connectivity index (χ0v) is 17.7. The highest BCUT2D eigenvalue weighted by Crippen LogP contribution is 2.30. The molecule has 2 saturated heterocycles.